The number of halogens is 1. The molecule has 114 valence electrons. The van der Waals surface area contributed by atoms with Crippen LogP contribution in [0.4, 0.5) is 0 Å². The minimum Gasteiger partial charge on any atom is -0.495 e. The van der Waals surface area contributed by atoms with Gasteiger partial charge in [-0.3, -0.25) is 9.69 Å². The van der Waals surface area contributed by atoms with Gasteiger partial charge in [0.05, 0.1) is 17.7 Å². The maximum Gasteiger partial charge on any atom is 0.183 e. The minimum atomic E-state index is -0.282. The zero-order valence-electron chi connectivity index (χ0n) is 12.5. The van der Waals surface area contributed by atoms with Crippen molar-refractivity contribution in [3.05, 3.63) is 28.8 Å². The van der Waals surface area contributed by atoms with Crippen LogP contribution < -0.4 is 4.74 Å². The van der Waals surface area contributed by atoms with Crippen molar-refractivity contribution in [1.29, 1.82) is 0 Å². The van der Waals surface area contributed by atoms with Gasteiger partial charge in [0.15, 0.2) is 5.78 Å². The number of likely N-dealkylation sites (tertiary alicyclic amines) is 1. The van der Waals surface area contributed by atoms with Gasteiger partial charge in [0.2, 0.25) is 0 Å². The van der Waals surface area contributed by atoms with Crippen LogP contribution in [0.3, 0.4) is 0 Å². The van der Waals surface area contributed by atoms with Crippen molar-refractivity contribution < 1.29 is 9.53 Å². The number of carbonyl (C=O) groups is 1. The summed E-state index contributed by atoms with van der Waals surface area (Å²) in [6.45, 7) is 2.10. The lowest BCUT2D eigenvalue weighted by molar-refractivity contribution is 0.0626. The van der Waals surface area contributed by atoms with Gasteiger partial charge < -0.3 is 4.74 Å². The molecule has 0 amide bonds. The van der Waals surface area contributed by atoms with E-state index in [4.69, 9.17) is 16.3 Å². The molecule has 1 heterocycles. The molecule has 2 fully saturated rings. The van der Waals surface area contributed by atoms with Crippen LogP contribution in [-0.4, -0.2) is 36.4 Å². The van der Waals surface area contributed by atoms with Gasteiger partial charge in [-0.15, -0.1) is 0 Å². The SMILES string of the molecule is COc1cc(C(=O)C2(N3CCCC3)CCCC2)ccc1Cl. The first kappa shape index (κ1) is 14.9. The first-order chi connectivity index (χ1) is 10.2. The average Bonchev–Trinajstić information content (AvgIpc) is 3.18. The van der Waals surface area contributed by atoms with Crippen LogP contribution in [0.5, 0.6) is 5.75 Å². The molecule has 0 radical (unpaired) electrons. The highest BCUT2D eigenvalue weighted by Gasteiger charge is 2.46. The molecule has 0 atom stereocenters. The van der Waals surface area contributed by atoms with E-state index in [-0.39, 0.29) is 11.3 Å². The topological polar surface area (TPSA) is 29.5 Å². The van der Waals surface area contributed by atoms with Gasteiger partial charge in [0.1, 0.15) is 5.75 Å². The number of ketones is 1. The van der Waals surface area contributed by atoms with Crippen molar-refractivity contribution in [3.63, 3.8) is 0 Å². The molecule has 1 aliphatic carbocycles. The van der Waals surface area contributed by atoms with Gasteiger partial charge in [0, 0.05) is 5.56 Å². The van der Waals surface area contributed by atoms with E-state index in [9.17, 15) is 4.79 Å². The smallest absolute Gasteiger partial charge is 0.183 e. The molecule has 1 saturated heterocycles. The van der Waals surface area contributed by atoms with E-state index in [0.717, 1.165) is 44.3 Å². The molecule has 21 heavy (non-hydrogen) atoms. The Morgan fingerprint density at radius 3 is 2.48 bits per heavy atom. The molecule has 3 rings (SSSR count). The Bertz CT molecular complexity index is 532. The van der Waals surface area contributed by atoms with Gasteiger partial charge in [-0.25, -0.2) is 0 Å². The van der Waals surface area contributed by atoms with Crippen LogP contribution in [0.15, 0.2) is 18.2 Å². The molecule has 2 aliphatic rings. The molecule has 4 heteroatoms. The second-order valence-electron chi connectivity index (χ2n) is 6.11. The number of Topliss-reactive ketones (excluding diaryl/α,β-unsaturated/α-hetero) is 1. The molecule has 1 aromatic rings. The molecule has 1 aromatic carbocycles. The summed E-state index contributed by atoms with van der Waals surface area (Å²) < 4.78 is 5.26. The molecule has 1 saturated carbocycles. The standard InChI is InChI=1S/C17H22ClNO2/c1-21-15-12-13(6-7-14(15)18)16(20)17(8-2-3-9-17)19-10-4-5-11-19/h6-7,12H,2-5,8-11H2,1H3. The van der Waals surface area contributed by atoms with Crippen LogP contribution in [0.25, 0.3) is 0 Å². The van der Waals surface area contributed by atoms with Gasteiger partial charge in [-0.1, -0.05) is 24.4 Å². The summed E-state index contributed by atoms with van der Waals surface area (Å²) in [4.78, 5) is 15.6. The number of ether oxygens (including phenoxy) is 1. The van der Waals surface area contributed by atoms with Crippen LogP contribution in [0.2, 0.25) is 5.02 Å². The predicted molar refractivity (Wildman–Crippen MR) is 84.3 cm³/mol. The lowest BCUT2D eigenvalue weighted by Crippen LogP contribution is -2.51. The fourth-order valence-corrected chi connectivity index (χ4v) is 4.06. The third-order valence-electron chi connectivity index (χ3n) is 4.98. The highest BCUT2D eigenvalue weighted by molar-refractivity contribution is 6.32. The van der Waals surface area contributed by atoms with E-state index in [2.05, 4.69) is 4.90 Å². The highest BCUT2D eigenvalue weighted by Crippen LogP contribution is 2.40. The van der Waals surface area contributed by atoms with Gasteiger partial charge in [0.25, 0.3) is 0 Å². The van der Waals surface area contributed by atoms with Crippen molar-refractivity contribution in [3.8, 4) is 5.75 Å². The molecular weight excluding hydrogens is 286 g/mol. The summed E-state index contributed by atoms with van der Waals surface area (Å²) in [5.41, 5.74) is 0.444. The van der Waals surface area contributed by atoms with Crippen molar-refractivity contribution in [2.24, 2.45) is 0 Å². The molecule has 1 aliphatic heterocycles. The van der Waals surface area contributed by atoms with E-state index in [1.807, 2.05) is 6.07 Å². The maximum absolute atomic E-state index is 13.2. The van der Waals surface area contributed by atoms with Crippen LogP contribution in [0, 0.1) is 0 Å². The normalized spacial score (nSPS) is 21.6. The fraction of sp³-hybridized carbons (Fsp3) is 0.588. The van der Waals surface area contributed by atoms with Gasteiger partial charge >= 0.3 is 0 Å². The Kier molecular flexibility index (Phi) is 4.23. The largest absolute Gasteiger partial charge is 0.495 e. The average molecular weight is 308 g/mol. The number of nitrogens with zero attached hydrogens (tertiary/aromatic N) is 1. The van der Waals surface area contributed by atoms with Crippen molar-refractivity contribution >= 4 is 17.4 Å². The summed E-state index contributed by atoms with van der Waals surface area (Å²) in [5.74, 6) is 0.828. The maximum atomic E-state index is 13.2. The van der Waals surface area contributed by atoms with E-state index >= 15 is 0 Å². The Hall–Kier alpha value is -1.06. The first-order valence-corrected chi connectivity index (χ1v) is 8.18. The third-order valence-corrected chi connectivity index (χ3v) is 5.29. The zero-order chi connectivity index (χ0) is 14.9. The zero-order valence-corrected chi connectivity index (χ0v) is 13.3. The van der Waals surface area contributed by atoms with Crippen molar-refractivity contribution in [2.75, 3.05) is 20.2 Å². The fourth-order valence-electron chi connectivity index (χ4n) is 3.86. The molecule has 0 bridgehead atoms. The number of methoxy groups -OCH3 is 1. The van der Waals surface area contributed by atoms with Crippen molar-refractivity contribution in [1.82, 2.24) is 4.90 Å². The summed E-state index contributed by atoms with van der Waals surface area (Å²) in [7, 11) is 1.58. The molecule has 0 aromatic heterocycles. The van der Waals surface area contributed by atoms with E-state index in [1.165, 1.54) is 12.8 Å². The molecule has 0 N–H and O–H groups in total. The number of hydrogen-bond donors (Lipinski definition) is 0. The van der Waals surface area contributed by atoms with Crippen LogP contribution >= 0.6 is 11.6 Å². The van der Waals surface area contributed by atoms with Gasteiger partial charge in [-0.05, 0) is 57.0 Å². The van der Waals surface area contributed by atoms with Gasteiger partial charge in [-0.2, -0.15) is 0 Å². The summed E-state index contributed by atoms with van der Waals surface area (Å²) in [5, 5.41) is 0.552. The molecule has 0 unspecified atom stereocenters. The van der Waals surface area contributed by atoms with E-state index in [1.54, 1.807) is 19.2 Å². The predicted octanol–water partition coefficient (Wildman–Crippen LogP) is 3.94. The quantitative estimate of drug-likeness (QED) is 0.789. The van der Waals surface area contributed by atoms with E-state index < -0.39 is 0 Å². The summed E-state index contributed by atoms with van der Waals surface area (Å²) >= 11 is 6.08. The number of carbonyl (C=O) groups excluding carboxylic acids is 1. The highest BCUT2D eigenvalue weighted by atomic mass is 35.5. The minimum absolute atomic E-state index is 0.247. The number of hydrogen-bond acceptors (Lipinski definition) is 3. The Labute approximate surface area is 131 Å². The first-order valence-electron chi connectivity index (χ1n) is 7.81. The summed E-state index contributed by atoms with van der Waals surface area (Å²) in [6, 6.07) is 5.39. The summed E-state index contributed by atoms with van der Waals surface area (Å²) in [6.07, 6.45) is 6.67. The Morgan fingerprint density at radius 1 is 1.19 bits per heavy atom. The molecular formula is C17H22ClNO2. The van der Waals surface area contributed by atoms with Crippen LogP contribution in [0.1, 0.15) is 48.9 Å². The van der Waals surface area contributed by atoms with E-state index in [0.29, 0.717) is 10.8 Å². The monoisotopic (exact) mass is 307 g/mol. The molecule has 0 spiro atoms. The second kappa shape index (κ2) is 5.98. The second-order valence-corrected chi connectivity index (χ2v) is 6.52. The van der Waals surface area contributed by atoms with Crippen molar-refractivity contribution in [2.45, 2.75) is 44.1 Å². The lowest BCUT2D eigenvalue weighted by Gasteiger charge is -2.37. The Morgan fingerprint density at radius 2 is 1.86 bits per heavy atom. The number of benzene rings is 1. The van der Waals surface area contributed by atoms with Crippen LogP contribution in [-0.2, 0) is 0 Å². The lowest BCUT2D eigenvalue weighted by atomic mass is 9.86. The molecule has 3 nitrogen and oxygen atoms in total. The Balaban J connectivity index is 1.94. The number of rotatable bonds is 4. The third kappa shape index (κ3) is 2.58.